The van der Waals surface area contributed by atoms with Crippen LogP contribution in [0.3, 0.4) is 0 Å². The highest BCUT2D eigenvalue weighted by molar-refractivity contribution is 5.96. The van der Waals surface area contributed by atoms with Crippen LogP contribution in [-0.4, -0.2) is 27.9 Å². The number of H-pyrrole nitrogens is 1. The lowest BCUT2D eigenvalue weighted by Crippen LogP contribution is -2.13. The fourth-order valence-electron chi connectivity index (χ4n) is 1.45. The van der Waals surface area contributed by atoms with Gasteiger partial charge in [-0.25, -0.2) is 4.39 Å². The summed E-state index contributed by atoms with van der Waals surface area (Å²) >= 11 is 0. The molecule has 0 atom stereocenters. The molecule has 3 N–H and O–H groups in total. The van der Waals surface area contributed by atoms with Crippen molar-refractivity contribution < 1.29 is 22.7 Å². The maximum Gasteiger partial charge on any atom is 0.387 e. The SMILES string of the molecule is NC(=O)c1n[nH]nc1-c1cc(OC(F)F)ccc1F. The van der Waals surface area contributed by atoms with E-state index in [2.05, 4.69) is 20.1 Å². The van der Waals surface area contributed by atoms with Crippen molar-refractivity contribution >= 4 is 5.91 Å². The summed E-state index contributed by atoms with van der Waals surface area (Å²) in [7, 11) is 0. The van der Waals surface area contributed by atoms with E-state index < -0.39 is 18.3 Å². The van der Waals surface area contributed by atoms with Crippen molar-refractivity contribution in [3.63, 3.8) is 0 Å². The molecule has 9 heteroatoms. The van der Waals surface area contributed by atoms with E-state index in [9.17, 15) is 18.0 Å². The molecule has 0 saturated carbocycles. The number of nitrogens with zero attached hydrogens (tertiary/aromatic N) is 2. The lowest BCUT2D eigenvalue weighted by molar-refractivity contribution is -0.0498. The Labute approximate surface area is 104 Å². The van der Waals surface area contributed by atoms with Crippen molar-refractivity contribution in [2.45, 2.75) is 6.61 Å². The summed E-state index contributed by atoms with van der Waals surface area (Å²) in [6.07, 6.45) is 0. The van der Waals surface area contributed by atoms with Crippen molar-refractivity contribution in [1.82, 2.24) is 15.4 Å². The van der Waals surface area contributed by atoms with Crippen molar-refractivity contribution in [3.8, 4) is 17.0 Å². The number of alkyl halides is 2. The Morgan fingerprint density at radius 1 is 1.37 bits per heavy atom. The Morgan fingerprint density at radius 3 is 2.74 bits per heavy atom. The van der Waals surface area contributed by atoms with E-state index in [-0.39, 0.29) is 22.7 Å². The number of hydrogen-bond acceptors (Lipinski definition) is 4. The highest BCUT2D eigenvalue weighted by atomic mass is 19.3. The molecule has 0 aliphatic heterocycles. The number of hydrogen-bond donors (Lipinski definition) is 2. The summed E-state index contributed by atoms with van der Waals surface area (Å²) in [5.74, 6) is -1.98. The first-order chi connectivity index (χ1) is 8.99. The zero-order valence-corrected chi connectivity index (χ0v) is 9.23. The number of rotatable bonds is 4. The van der Waals surface area contributed by atoms with Crippen molar-refractivity contribution in [3.05, 3.63) is 29.7 Å². The van der Waals surface area contributed by atoms with Gasteiger partial charge in [-0.2, -0.15) is 24.2 Å². The van der Waals surface area contributed by atoms with Gasteiger partial charge in [0.1, 0.15) is 17.3 Å². The van der Waals surface area contributed by atoms with Crippen LogP contribution in [-0.2, 0) is 0 Å². The molecule has 2 aromatic rings. The molecule has 1 amide bonds. The van der Waals surface area contributed by atoms with Crippen LogP contribution in [0.25, 0.3) is 11.3 Å². The molecule has 6 nitrogen and oxygen atoms in total. The standard InChI is InChI=1S/C10H7F3N4O2/c11-6-2-1-4(19-10(12)13)3-5(6)7-8(9(14)18)16-17-15-7/h1-3,10H,(H2,14,18)(H,15,16,17). The van der Waals surface area contributed by atoms with E-state index in [1.807, 2.05) is 0 Å². The zero-order valence-electron chi connectivity index (χ0n) is 9.23. The van der Waals surface area contributed by atoms with Crippen LogP contribution in [0, 0.1) is 5.82 Å². The lowest BCUT2D eigenvalue weighted by Gasteiger charge is -2.06. The predicted molar refractivity (Wildman–Crippen MR) is 56.9 cm³/mol. The number of nitrogens with one attached hydrogen (secondary N) is 1. The second kappa shape index (κ2) is 4.96. The van der Waals surface area contributed by atoms with Crippen molar-refractivity contribution in [1.29, 1.82) is 0 Å². The van der Waals surface area contributed by atoms with E-state index >= 15 is 0 Å². The molecule has 1 aromatic carbocycles. The Balaban J connectivity index is 2.48. The highest BCUT2D eigenvalue weighted by Gasteiger charge is 2.19. The lowest BCUT2D eigenvalue weighted by atomic mass is 10.1. The summed E-state index contributed by atoms with van der Waals surface area (Å²) in [6, 6.07) is 2.91. The third-order valence-corrected chi connectivity index (χ3v) is 2.20. The van der Waals surface area contributed by atoms with Crippen LogP contribution in [0.4, 0.5) is 13.2 Å². The number of amides is 1. The van der Waals surface area contributed by atoms with Gasteiger partial charge in [0, 0.05) is 5.56 Å². The number of nitrogens with two attached hydrogens (primary N) is 1. The maximum atomic E-state index is 13.6. The van der Waals surface area contributed by atoms with E-state index in [1.54, 1.807) is 0 Å². The van der Waals surface area contributed by atoms with Gasteiger partial charge in [-0.15, -0.1) is 0 Å². The number of carbonyl (C=O) groups excluding carboxylic acids is 1. The number of benzene rings is 1. The third kappa shape index (κ3) is 2.64. The average molecular weight is 272 g/mol. The summed E-state index contributed by atoms with van der Waals surface area (Å²) in [4.78, 5) is 11.1. The first-order valence-electron chi connectivity index (χ1n) is 4.94. The molecule has 1 aromatic heterocycles. The molecule has 0 spiro atoms. The average Bonchev–Trinajstić information content (AvgIpc) is 2.80. The Kier molecular flexibility index (Phi) is 3.36. The summed E-state index contributed by atoms with van der Waals surface area (Å²) in [5, 5.41) is 9.14. The molecule has 2 rings (SSSR count). The van der Waals surface area contributed by atoms with Gasteiger partial charge in [-0.3, -0.25) is 4.79 Å². The van der Waals surface area contributed by atoms with Crippen LogP contribution < -0.4 is 10.5 Å². The number of aromatic nitrogens is 3. The van der Waals surface area contributed by atoms with Gasteiger partial charge >= 0.3 is 6.61 Å². The third-order valence-electron chi connectivity index (χ3n) is 2.20. The molecule has 100 valence electrons. The van der Waals surface area contributed by atoms with Gasteiger partial charge in [0.2, 0.25) is 0 Å². The number of ether oxygens (including phenoxy) is 1. The fraction of sp³-hybridized carbons (Fsp3) is 0.100. The van der Waals surface area contributed by atoms with Crippen LogP contribution in [0.5, 0.6) is 5.75 Å². The highest BCUT2D eigenvalue weighted by Crippen LogP contribution is 2.27. The second-order valence-electron chi connectivity index (χ2n) is 3.41. The molecule has 0 aliphatic carbocycles. The normalized spacial score (nSPS) is 10.7. The second-order valence-corrected chi connectivity index (χ2v) is 3.41. The molecule has 19 heavy (non-hydrogen) atoms. The molecular weight excluding hydrogens is 265 g/mol. The first-order valence-corrected chi connectivity index (χ1v) is 4.94. The Morgan fingerprint density at radius 2 is 2.11 bits per heavy atom. The van der Waals surface area contributed by atoms with E-state index in [1.165, 1.54) is 0 Å². The van der Waals surface area contributed by atoms with E-state index in [0.717, 1.165) is 18.2 Å². The van der Waals surface area contributed by atoms with Gasteiger partial charge in [0.15, 0.2) is 5.69 Å². The molecule has 0 aliphatic rings. The molecular formula is C10H7F3N4O2. The van der Waals surface area contributed by atoms with Gasteiger partial charge in [-0.1, -0.05) is 0 Å². The van der Waals surface area contributed by atoms with Gasteiger partial charge < -0.3 is 10.5 Å². The molecule has 0 fully saturated rings. The van der Waals surface area contributed by atoms with Crippen LogP contribution in [0.1, 0.15) is 10.5 Å². The van der Waals surface area contributed by atoms with Gasteiger partial charge in [0.25, 0.3) is 5.91 Å². The smallest absolute Gasteiger partial charge is 0.387 e. The molecule has 0 unspecified atom stereocenters. The fourth-order valence-corrected chi connectivity index (χ4v) is 1.45. The zero-order chi connectivity index (χ0) is 14.0. The minimum Gasteiger partial charge on any atom is -0.435 e. The first kappa shape index (κ1) is 12.9. The van der Waals surface area contributed by atoms with E-state index in [0.29, 0.717) is 0 Å². The minimum absolute atomic E-state index is 0.176. The largest absolute Gasteiger partial charge is 0.435 e. The Hall–Kier alpha value is -2.58. The molecule has 1 heterocycles. The van der Waals surface area contributed by atoms with Crippen LogP contribution in [0.15, 0.2) is 18.2 Å². The summed E-state index contributed by atoms with van der Waals surface area (Å²) < 4.78 is 41.9. The summed E-state index contributed by atoms with van der Waals surface area (Å²) in [5.41, 5.74) is 4.33. The van der Waals surface area contributed by atoms with E-state index in [4.69, 9.17) is 5.73 Å². The molecule has 0 bridgehead atoms. The van der Waals surface area contributed by atoms with Crippen molar-refractivity contribution in [2.75, 3.05) is 0 Å². The Bertz CT molecular complexity index is 615. The van der Waals surface area contributed by atoms with Crippen molar-refractivity contribution in [2.24, 2.45) is 5.73 Å². The monoisotopic (exact) mass is 272 g/mol. The number of primary amides is 1. The predicted octanol–water partition coefficient (Wildman–Crippen LogP) is 1.31. The molecule has 0 radical (unpaired) electrons. The maximum absolute atomic E-state index is 13.6. The topological polar surface area (TPSA) is 93.9 Å². The van der Waals surface area contributed by atoms with Crippen LogP contribution >= 0.6 is 0 Å². The number of aromatic amines is 1. The summed E-state index contributed by atoms with van der Waals surface area (Å²) in [6.45, 7) is -3.05. The minimum atomic E-state index is -3.05. The number of halogens is 3. The van der Waals surface area contributed by atoms with Crippen LogP contribution in [0.2, 0.25) is 0 Å². The molecule has 0 saturated heterocycles. The quantitative estimate of drug-likeness (QED) is 0.877. The van der Waals surface area contributed by atoms with Gasteiger partial charge in [-0.05, 0) is 18.2 Å². The van der Waals surface area contributed by atoms with Gasteiger partial charge in [0.05, 0.1) is 0 Å². The number of carbonyl (C=O) groups is 1.